The molecular formula is C18H15BrN2. The van der Waals surface area contributed by atoms with Gasteiger partial charge in [0.05, 0.1) is 0 Å². The molecule has 0 aromatic heterocycles. The second kappa shape index (κ2) is 6.12. The molecule has 0 aliphatic rings. The van der Waals surface area contributed by atoms with Gasteiger partial charge >= 0.3 is 0 Å². The Balaban J connectivity index is 2.23. The smallest absolute Gasteiger partial charge is 0.0498 e. The van der Waals surface area contributed by atoms with Crippen LogP contribution in [0.2, 0.25) is 0 Å². The molecule has 3 aromatic rings. The lowest BCUT2D eigenvalue weighted by atomic mass is 9.98. The molecule has 104 valence electrons. The molecule has 0 unspecified atom stereocenters. The van der Waals surface area contributed by atoms with Crippen molar-refractivity contribution in [3.63, 3.8) is 0 Å². The molecule has 0 saturated heterocycles. The number of anilines is 1. The maximum Gasteiger partial charge on any atom is 0.0498 e. The summed E-state index contributed by atoms with van der Waals surface area (Å²) >= 11 is 3.75. The third-order valence-electron chi connectivity index (χ3n) is 3.41. The number of nitrogen functional groups attached to an aromatic ring is 1. The minimum atomic E-state index is 0.885. The van der Waals surface area contributed by atoms with Gasteiger partial charge in [0.1, 0.15) is 0 Å². The molecule has 0 aliphatic heterocycles. The van der Waals surface area contributed by atoms with Gasteiger partial charge in [-0.15, -0.1) is 0 Å². The number of halogens is 1. The molecule has 0 fully saturated rings. The Morgan fingerprint density at radius 1 is 0.714 bits per heavy atom. The van der Waals surface area contributed by atoms with Gasteiger partial charge in [-0.25, -0.2) is 0 Å². The highest BCUT2D eigenvalue weighted by atomic mass is 79.9. The van der Waals surface area contributed by atoms with Gasteiger partial charge in [0, 0.05) is 10.2 Å². The van der Waals surface area contributed by atoms with E-state index < -0.39 is 0 Å². The molecule has 3 heteroatoms. The highest BCUT2D eigenvalue weighted by Crippen LogP contribution is 2.39. The molecule has 21 heavy (non-hydrogen) atoms. The van der Waals surface area contributed by atoms with Crippen LogP contribution in [-0.2, 0) is 0 Å². The fourth-order valence-corrected chi connectivity index (χ4v) is 3.05. The zero-order valence-electron chi connectivity index (χ0n) is 11.4. The van der Waals surface area contributed by atoms with Crippen molar-refractivity contribution in [1.82, 2.24) is 0 Å². The van der Waals surface area contributed by atoms with E-state index in [1.165, 1.54) is 0 Å². The first-order chi connectivity index (χ1) is 10.3. The minimum absolute atomic E-state index is 0.885. The maximum atomic E-state index is 5.63. The lowest BCUT2D eigenvalue weighted by Gasteiger charge is -2.14. The molecule has 3 aromatic carbocycles. The number of nitrogens with two attached hydrogens (primary N) is 1. The van der Waals surface area contributed by atoms with Crippen LogP contribution in [0.3, 0.4) is 0 Å². The zero-order valence-corrected chi connectivity index (χ0v) is 13.0. The molecule has 0 amide bonds. The highest BCUT2D eigenvalue weighted by Gasteiger charge is 2.11. The lowest BCUT2D eigenvalue weighted by Crippen LogP contribution is -2.07. The maximum absolute atomic E-state index is 5.63. The van der Waals surface area contributed by atoms with E-state index in [1.807, 2.05) is 48.5 Å². The summed E-state index contributed by atoms with van der Waals surface area (Å²) in [6.45, 7) is 0. The van der Waals surface area contributed by atoms with Crippen LogP contribution in [-0.4, -0.2) is 0 Å². The second-order valence-electron chi connectivity index (χ2n) is 4.76. The van der Waals surface area contributed by atoms with Gasteiger partial charge in [0.2, 0.25) is 0 Å². The first kappa shape index (κ1) is 13.9. The van der Waals surface area contributed by atoms with Crippen molar-refractivity contribution in [2.75, 3.05) is 5.43 Å². The van der Waals surface area contributed by atoms with Gasteiger partial charge < -0.3 is 5.43 Å². The Kier molecular flexibility index (Phi) is 4.04. The Labute approximate surface area is 132 Å². The first-order valence-electron chi connectivity index (χ1n) is 6.70. The van der Waals surface area contributed by atoms with Gasteiger partial charge in [-0.1, -0.05) is 60.7 Å². The molecule has 0 spiro atoms. The van der Waals surface area contributed by atoms with Gasteiger partial charge in [0.15, 0.2) is 0 Å². The van der Waals surface area contributed by atoms with Crippen molar-refractivity contribution < 1.29 is 0 Å². The fraction of sp³-hybridized carbons (Fsp3) is 0. The summed E-state index contributed by atoms with van der Waals surface area (Å²) in [6.07, 6.45) is 0. The Bertz CT molecular complexity index is 679. The van der Waals surface area contributed by atoms with Crippen LogP contribution in [0.5, 0.6) is 0 Å². The van der Waals surface area contributed by atoms with Crippen molar-refractivity contribution in [2.24, 2.45) is 5.84 Å². The predicted molar refractivity (Wildman–Crippen MR) is 92.8 cm³/mol. The third kappa shape index (κ3) is 2.84. The average molecular weight is 339 g/mol. The highest BCUT2D eigenvalue weighted by molar-refractivity contribution is 9.10. The van der Waals surface area contributed by atoms with Gasteiger partial charge in [-0.3, -0.25) is 5.84 Å². The number of nitrogens with one attached hydrogen (secondary N) is 1. The standard InChI is InChI=1S/C18H15BrN2/c19-18-16(13-7-3-1-4-8-13)11-15(21-20)12-17(18)14-9-5-2-6-10-14/h1-12,21H,20H2. The van der Waals surface area contributed by atoms with Crippen LogP contribution in [0, 0.1) is 0 Å². The largest absolute Gasteiger partial charge is 0.324 e. The number of hydrogen-bond acceptors (Lipinski definition) is 2. The molecule has 2 nitrogen and oxygen atoms in total. The van der Waals surface area contributed by atoms with Crippen molar-refractivity contribution in [1.29, 1.82) is 0 Å². The van der Waals surface area contributed by atoms with Gasteiger partial charge in [-0.05, 0) is 50.3 Å². The summed E-state index contributed by atoms with van der Waals surface area (Å²) in [4.78, 5) is 0. The van der Waals surface area contributed by atoms with Crippen LogP contribution in [0.1, 0.15) is 0 Å². The zero-order chi connectivity index (χ0) is 14.7. The Morgan fingerprint density at radius 3 is 1.52 bits per heavy atom. The van der Waals surface area contributed by atoms with Crippen molar-refractivity contribution in [2.45, 2.75) is 0 Å². The van der Waals surface area contributed by atoms with Crippen molar-refractivity contribution in [3.8, 4) is 22.3 Å². The number of benzene rings is 3. The molecule has 0 aliphatic carbocycles. The topological polar surface area (TPSA) is 38.0 Å². The normalized spacial score (nSPS) is 10.4. The fourth-order valence-electron chi connectivity index (χ4n) is 2.36. The molecule has 0 saturated carbocycles. The van der Waals surface area contributed by atoms with E-state index in [2.05, 4.69) is 45.6 Å². The van der Waals surface area contributed by atoms with Crippen LogP contribution >= 0.6 is 15.9 Å². The Hall–Kier alpha value is -2.10. The minimum Gasteiger partial charge on any atom is -0.324 e. The second-order valence-corrected chi connectivity index (χ2v) is 5.55. The molecule has 3 N–H and O–H groups in total. The Morgan fingerprint density at radius 2 is 1.14 bits per heavy atom. The van der Waals surface area contributed by atoms with E-state index in [1.54, 1.807) is 0 Å². The molecule has 0 bridgehead atoms. The van der Waals surface area contributed by atoms with E-state index in [9.17, 15) is 0 Å². The van der Waals surface area contributed by atoms with Crippen molar-refractivity contribution >= 4 is 21.6 Å². The van der Waals surface area contributed by atoms with Gasteiger partial charge in [0.25, 0.3) is 0 Å². The number of hydrogen-bond donors (Lipinski definition) is 2. The third-order valence-corrected chi connectivity index (χ3v) is 4.26. The first-order valence-corrected chi connectivity index (χ1v) is 7.50. The van der Waals surface area contributed by atoms with Crippen LogP contribution in [0.15, 0.2) is 77.3 Å². The quantitative estimate of drug-likeness (QED) is 0.516. The van der Waals surface area contributed by atoms with Crippen LogP contribution in [0.4, 0.5) is 5.69 Å². The molecule has 0 radical (unpaired) electrons. The SMILES string of the molecule is NNc1cc(-c2ccccc2)c(Br)c(-c2ccccc2)c1. The van der Waals surface area contributed by atoms with E-state index >= 15 is 0 Å². The molecular weight excluding hydrogens is 324 g/mol. The van der Waals surface area contributed by atoms with E-state index in [0.717, 1.165) is 32.4 Å². The van der Waals surface area contributed by atoms with Crippen molar-refractivity contribution in [3.05, 3.63) is 77.3 Å². The average Bonchev–Trinajstić information content (AvgIpc) is 2.57. The molecule has 0 heterocycles. The van der Waals surface area contributed by atoms with Gasteiger partial charge in [-0.2, -0.15) is 0 Å². The summed E-state index contributed by atoms with van der Waals surface area (Å²) in [5, 5.41) is 0. The molecule has 0 atom stereocenters. The monoisotopic (exact) mass is 338 g/mol. The summed E-state index contributed by atoms with van der Waals surface area (Å²) in [5.41, 5.74) is 8.17. The van der Waals surface area contributed by atoms with E-state index in [-0.39, 0.29) is 0 Å². The summed E-state index contributed by atoms with van der Waals surface area (Å²) in [6, 6.07) is 24.6. The predicted octanol–water partition coefficient (Wildman–Crippen LogP) is 5.07. The van der Waals surface area contributed by atoms with Crippen LogP contribution < -0.4 is 11.3 Å². The van der Waals surface area contributed by atoms with Crippen LogP contribution in [0.25, 0.3) is 22.3 Å². The van der Waals surface area contributed by atoms with E-state index in [0.29, 0.717) is 0 Å². The molecule has 3 rings (SSSR count). The number of hydrazine groups is 1. The van der Waals surface area contributed by atoms with E-state index in [4.69, 9.17) is 5.84 Å². The summed E-state index contributed by atoms with van der Waals surface area (Å²) < 4.78 is 1.07. The summed E-state index contributed by atoms with van der Waals surface area (Å²) in [7, 11) is 0. The lowest BCUT2D eigenvalue weighted by molar-refractivity contribution is 1.35. The summed E-state index contributed by atoms with van der Waals surface area (Å²) in [5.74, 6) is 5.63. The number of rotatable bonds is 3.